The van der Waals surface area contributed by atoms with E-state index in [0.717, 1.165) is 11.1 Å². The van der Waals surface area contributed by atoms with Gasteiger partial charge in [0.1, 0.15) is 0 Å². The van der Waals surface area contributed by atoms with E-state index in [2.05, 4.69) is 15.2 Å². The third-order valence-corrected chi connectivity index (χ3v) is 4.53. The molecule has 0 bridgehead atoms. The Morgan fingerprint density at radius 3 is 2.77 bits per heavy atom. The van der Waals surface area contributed by atoms with Gasteiger partial charge in [0.15, 0.2) is 5.82 Å². The van der Waals surface area contributed by atoms with Gasteiger partial charge in [0.25, 0.3) is 0 Å². The van der Waals surface area contributed by atoms with Crippen molar-refractivity contribution >= 4 is 35.0 Å². The SMILES string of the molecule is Nn1c(SCc2ccc(Cl)cc2Cl)nnc1-c1cccnc1. The van der Waals surface area contributed by atoms with E-state index in [1.165, 1.54) is 16.4 Å². The number of halogens is 2. The van der Waals surface area contributed by atoms with Gasteiger partial charge in [-0.3, -0.25) is 4.98 Å². The molecule has 0 fully saturated rings. The van der Waals surface area contributed by atoms with Gasteiger partial charge in [-0.2, -0.15) is 0 Å². The van der Waals surface area contributed by atoms with Crippen LogP contribution in [0.1, 0.15) is 5.56 Å². The fourth-order valence-corrected chi connectivity index (χ4v) is 3.26. The number of aromatic nitrogens is 4. The van der Waals surface area contributed by atoms with E-state index in [9.17, 15) is 0 Å². The summed E-state index contributed by atoms with van der Waals surface area (Å²) in [7, 11) is 0. The summed E-state index contributed by atoms with van der Waals surface area (Å²) < 4.78 is 1.45. The van der Waals surface area contributed by atoms with E-state index in [-0.39, 0.29) is 0 Å². The highest BCUT2D eigenvalue weighted by Gasteiger charge is 2.13. The minimum atomic E-state index is 0.567. The van der Waals surface area contributed by atoms with Gasteiger partial charge in [0.2, 0.25) is 5.16 Å². The van der Waals surface area contributed by atoms with Crippen LogP contribution in [0.5, 0.6) is 0 Å². The van der Waals surface area contributed by atoms with Gasteiger partial charge in [-0.05, 0) is 29.8 Å². The lowest BCUT2D eigenvalue weighted by atomic mass is 10.2. The van der Waals surface area contributed by atoms with Gasteiger partial charge in [-0.15, -0.1) is 10.2 Å². The Kier molecular flexibility index (Phi) is 4.52. The first-order chi connectivity index (χ1) is 10.6. The van der Waals surface area contributed by atoms with Crippen LogP contribution in [0.3, 0.4) is 0 Å². The average Bonchev–Trinajstić information content (AvgIpc) is 2.88. The highest BCUT2D eigenvalue weighted by atomic mass is 35.5. The van der Waals surface area contributed by atoms with Crippen LogP contribution < -0.4 is 5.84 Å². The predicted octanol–water partition coefficient (Wildman–Crippen LogP) is 3.65. The molecule has 1 aromatic carbocycles. The van der Waals surface area contributed by atoms with Gasteiger partial charge in [-0.1, -0.05) is 41.0 Å². The van der Waals surface area contributed by atoms with Gasteiger partial charge >= 0.3 is 0 Å². The van der Waals surface area contributed by atoms with Crippen LogP contribution in [0.2, 0.25) is 10.0 Å². The molecule has 0 unspecified atom stereocenters. The number of benzene rings is 1. The van der Waals surface area contributed by atoms with E-state index < -0.39 is 0 Å². The number of nitrogens with zero attached hydrogens (tertiary/aromatic N) is 4. The molecule has 8 heteroatoms. The summed E-state index contributed by atoms with van der Waals surface area (Å²) in [6.45, 7) is 0. The zero-order chi connectivity index (χ0) is 15.5. The summed E-state index contributed by atoms with van der Waals surface area (Å²) in [6.07, 6.45) is 3.39. The molecule has 0 aliphatic heterocycles. The molecular weight excluding hydrogens is 341 g/mol. The molecule has 22 heavy (non-hydrogen) atoms. The molecular formula is C14H11Cl2N5S. The van der Waals surface area contributed by atoms with E-state index >= 15 is 0 Å². The van der Waals surface area contributed by atoms with Crippen LogP contribution in [0.4, 0.5) is 0 Å². The summed E-state index contributed by atoms with van der Waals surface area (Å²) in [6, 6.07) is 9.11. The molecule has 0 aliphatic rings. The normalized spacial score (nSPS) is 10.8. The second kappa shape index (κ2) is 6.56. The highest BCUT2D eigenvalue weighted by Crippen LogP contribution is 2.28. The fraction of sp³-hybridized carbons (Fsp3) is 0.0714. The van der Waals surface area contributed by atoms with Crippen molar-refractivity contribution in [1.29, 1.82) is 0 Å². The van der Waals surface area contributed by atoms with Gasteiger partial charge in [0, 0.05) is 33.8 Å². The number of hydrogen-bond acceptors (Lipinski definition) is 5. The van der Waals surface area contributed by atoms with Crippen molar-refractivity contribution in [2.45, 2.75) is 10.9 Å². The molecule has 0 aliphatic carbocycles. The summed E-state index contributed by atoms with van der Waals surface area (Å²) in [4.78, 5) is 4.05. The van der Waals surface area contributed by atoms with Gasteiger partial charge in [0.05, 0.1) is 0 Å². The van der Waals surface area contributed by atoms with E-state index in [0.29, 0.717) is 26.8 Å². The fourth-order valence-electron chi connectivity index (χ4n) is 1.85. The third-order valence-electron chi connectivity index (χ3n) is 2.96. The Balaban J connectivity index is 1.78. The summed E-state index contributed by atoms with van der Waals surface area (Å²) >= 11 is 13.5. The Morgan fingerprint density at radius 2 is 2.05 bits per heavy atom. The lowest BCUT2D eigenvalue weighted by molar-refractivity contribution is 0.849. The Bertz CT molecular complexity index is 791. The molecule has 0 amide bonds. The molecule has 0 radical (unpaired) electrons. The predicted molar refractivity (Wildman–Crippen MR) is 89.4 cm³/mol. The number of pyridine rings is 1. The summed E-state index contributed by atoms with van der Waals surface area (Å²) in [5.74, 6) is 7.24. The number of rotatable bonds is 4. The molecule has 3 aromatic rings. The van der Waals surface area contributed by atoms with Crippen LogP contribution in [-0.4, -0.2) is 19.9 Å². The molecule has 0 saturated carbocycles. The van der Waals surface area contributed by atoms with Crippen LogP contribution in [0.15, 0.2) is 47.9 Å². The minimum Gasteiger partial charge on any atom is -0.335 e. The molecule has 2 heterocycles. The summed E-state index contributed by atoms with van der Waals surface area (Å²) in [5, 5.41) is 10.0. The maximum absolute atomic E-state index is 6.16. The largest absolute Gasteiger partial charge is 0.335 e. The molecule has 0 spiro atoms. The molecule has 3 rings (SSSR count). The van der Waals surface area contributed by atoms with Crippen LogP contribution >= 0.6 is 35.0 Å². The molecule has 2 aromatic heterocycles. The van der Waals surface area contributed by atoms with Crippen LogP contribution in [0, 0.1) is 0 Å². The maximum Gasteiger partial charge on any atom is 0.210 e. The zero-order valence-electron chi connectivity index (χ0n) is 11.3. The van der Waals surface area contributed by atoms with Crippen molar-refractivity contribution in [3.05, 3.63) is 58.3 Å². The Labute approximate surface area is 141 Å². The monoisotopic (exact) mass is 351 g/mol. The quantitative estimate of drug-likeness (QED) is 0.573. The second-order valence-corrected chi connectivity index (χ2v) is 6.23. The van der Waals surface area contributed by atoms with E-state index in [4.69, 9.17) is 29.0 Å². The number of nitrogen functional groups attached to an aromatic ring is 1. The maximum atomic E-state index is 6.16. The Hall–Kier alpha value is -1.76. The first kappa shape index (κ1) is 15.1. The van der Waals surface area contributed by atoms with Gasteiger partial charge in [-0.25, -0.2) is 4.68 Å². The molecule has 5 nitrogen and oxygen atoms in total. The number of thioether (sulfide) groups is 1. The van der Waals surface area contributed by atoms with Gasteiger partial charge < -0.3 is 5.84 Å². The van der Waals surface area contributed by atoms with Crippen molar-refractivity contribution in [3.8, 4) is 11.4 Å². The lowest BCUT2D eigenvalue weighted by Crippen LogP contribution is -2.11. The third kappa shape index (κ3) is 3.19. The molecule has 0 atom stereocenters. The second-order valence-electron chi connectivity index (χ2n) is 4.44. The molecule has 112 valence electrons. The first-order valence-electron chi connectivity index (χ1n) is 6.33. The van der Waals surface area contributed by atoms with Crippen LogP contribution in [-0.2, 0) is 5.75 Å². The number of hydrogen-bond donors (Lipinski definition) is 1. The number of nitrogens with two attached hydrogens (primary N) is 1. The Morgan fingerprint density at radius 1 is 1.18 bits per heavy atom. The average molecular weight is 352 g/mol. The van der Waals surface area contributed by atoms with E-state index in [1.807, 2.05) is 18.2 Å². The standard InChI is InChI=1S/C14H11Cl2N5S/c15-11-4-3-10(12(16)6-11)8-22-14-20-19-13(21(14)17)9-2-1-5-18-7-9/h1-7H,8,17H2. The van der Waals surface area contributed by atoms with Crippen molar-refractivity contribution in [3.63, 3.8) is 0 Å². The smallest absolute Gasteiger partial charge is 0.210 e. The lowest BCUT2D eigenvalue weighted by Gasteiger charge is -2.05. The zero-order valence-corrected chi connectivity index (χ0v) is 13.6. The van der Waals surface area contributed by atoms with Crippen molar-refractivity contribution in [2.75, 3.05) is 5.84 Å². The molecule has 0 saturated heterocycles. The van der Waals surface area contributed by atoms with Crippen LogP contribution in [0.25, 0.3) is 11.4 Å². The van der Waals surface area contributed by atoms with Crippen molar-refractivity contribution in [1.82, 2.24) is 19.9 Å². The van der Waals surface area contributed by atoms with Crippen molar-refractivity contribution in [2.24, 2.45) is 0 Å². The van der Waals surface area contributed by atoms with Crippen molar-refractivity contribution < 1.29 is 0 Å². The topological polar surface area (TPSA) is 69.6 Å². The highest BCUT2D eigenvalue weighted by molar-refractivity contribution is 7.98. The van der Waals surface area contributed by atoms with E-state index in [1.54, 1.807) is 24.5 Å². The molecule has 2 N–H and O–H groups in total. The summed E-state index contributed by atoms with van der Waals surface area (Å²) in [5.41, 5.74) is 1.77. The minimum absolute atomic E-state index is 0.567. The first-order valence-corrected chi connectivity index (χ1v) is 8.07.